The fraction of sp³-hybridized carbons (Fsp3) is 0. The molecule has 9 aromatic carbocycles. The number of hydrogen-bond acceptors (Lipinski definition) is 4. The van der Waals surface area contributed by atoms with E-state index in [2.05, 4.69) is 203 Å². The van der Waals surface area contributed by atoms with Crippen LogP contribution >= 0.6 is 11.3 Å². The molecule has 13 rings (SSSR count). The lowest BCUT2D eigenvalue weighted by atomic mass is 10.00. The van der Waals surface area contributed by atoms with Crippen LogP contribution in [0.3, 0.4) is 0 Å². The summed E-state index contributed by atoms with van der Waals surface area (Å²) in [6.45, 7) is 0. The van der Waals surface area contributed by atoms with Crippen LogP contribution in [0.1, 0.15) is 0 Å². The van der Waals surface area contributed by atoms with Gasteiger partial charge in [0.1, 0.15) is 0 Å². The van der Waals surface area contributed by atoms with Crippen LogP contribution < -0.4 is 0 Å². The third kappa shape index (κ3) is 5.66. The van der Waals surface area contributed by atoms with Crippen LogP contribution in [0.4, 0.5) is 0 Å². The molecule has 0 aliphatic carbocycles. The van der Waals surface area contributed by atoms with Gasteiger partial charge in [-0.2, -0.15) is 9.97 Å². The van der Waals surface area contributed by atoms with Crippen LogP contribution in [-0.2, 0) is 0 Å². The van der Waals surface area contributed by atoms with Crippen molar-refractivity contribution < 1.29 is 0 Å². The van der Waals surface area contributed by atoms with Crippen molar-refractivity contribution in [2.45, 2.75) is 0 Å². The lowest BCUT2D eigenvalue weighted by molar-refractivity contribution is 0.954. The fourth-order valence-electron chi connectivity index (χ4n) is 9.55. The van der Waals surface area contributed by atoms with Gasteiger partial charge in [-0.1, -0.05) is 176 Å². The Hall–Kier alpha value is -8.19. The highest BCUT2D eigenvalue weighted by Crippen LogP contribution is 2.43. The van der Waals surface area contributed by atoms with Gasteiger partial charge in [0.05, 0.1) is 22.1 Å². The van der Waals surface area contributed by atoms with Gasteiger partial charge >= 0.3 is 0 Å². The number of hydrogen-bond donors (Lipinski definition) is 0. The Morgan fingerprint density at radius 1 is 0.333 bits per heavy atom. The first-order chi connectivity index (χ1) is 31.2. The quantitative estimate of drug-likeness (QED) is 0.168. The Bertz CT molecular complexity index is 3900. The zero-order valence-corrected chi connectivity index (χ0v) is 34.7. The summed E-state index contributed by atoms with van der Waals surface area (Å²) in [7, 11) is 0. The predicted molar refractivity (Wildman–Crippen MR) is 263 cm³/mol. The summed E-state index contributed by atoms with van der Waals surface area (Å²) in [5.74, 6) is 1.83. The van der Waals surface area contributed by atoms with E-state index >= 15 is 0 Å². The molecule has 13 aromatic rings. The number of para-hydroxylation sites is 2. The Morgan fingerprint density at radius 3 is 1.59 bits per heavy atom. The van der Waals surface area contributed by atoms with Crippen LogP contribution in [0.2, 0.25) is 0 Å². The van der Waals surface area contributed by atoms with Crippen molar-refractivity contribution in [2.24, 2.45) is 0 Å². The minimum absolute atomic E-state index is 0.568. The second-order valence-electron chi connectivity index (χ2n) is 16.0. The average molecular weight is 822 g/mol. The highest BCUT2D eigenvalue weighted by atomic mass is 32.1. The van der Waals surface area contributed by atoms with E-state index in [0.29, 0.717) is 17.6 Å². The molecule has 0 aliphatic rings. The molecular formula is C57H35N5S. The highest BCUT2D eigenvalue weighted by molar-refractivity contribution is 7.25. The van der Waals surface area contributed by atoms with E-state index in [1.54, 1.807) is 11.3 Å². The first kappa shape index (κ1) is 35.6. The van der Waals surface area contributed by atoms with Crippen LogP contribution in [-0.4, -0.2) is 24.1 Å². The first-order valence-corrected chi connectivity index (χ1v) is 22.0. The summed E-state index contributed by atoms with van der Waals surface area (Å²) in [4.78, 5) is 16.1. The number of nitrogens with zero attached hydrogens (tertiary/aromatic N) is 5. The highest BCUT2D eigenvalue weighted by Gasteiger charge is 2.24. The zero-order chi connectivity index (χ0) is 41.4. The second-order valence-corrected chi connectivity index (χ2v) is 17.1. The van der Waals surface area contributed by atoms with Gasteiger partial charge in [0, 0.05) is 58.5 Å². The zero-order valence-electron chi connectivity index (χ0n) is 33.9. The van der Waals surface area contributed by atoms with Crippen LogP contribution in [0.15, 0.2) is 212 Å². The summed E-state index contributed by atoms with van der Waals surface area (Å²) < 4.78 is 7.15. The topological polar surface area (TPSA) is 48.5 Å². The van der Waals surface area contributed by atoms with Gasteiger partial charge in [0.15, 0.2) is 11.6 Å². The molecule has 63 heavy (non-hydrogen) atoms. The van der Waals surface area contributed by atoms with E-state index in [-0.39, 0.29) is 0 Å². The molecule has 0 atom stereocenters. The molecule has 294 valence electrons. The van der Waals surface area contributed by atoms with Crippen molar-refractivity contribution in [1.82, 2.24) is 24.1 Å². The standard InChI is InChI=1S/C57H35N5S/c1-3-15-36(16-4-1)37-29-31-38(32-30-37)40-19-13-20-41(35-40)61-48-25-10-7-21-42(48)44-33-34-45-43-22-8-11-26-49(43)62(54(45)53(44)61)57-59-55(39-17-5-2-6-18-39)58-56(60-57)47-24-14-28-51-52(47)46-23-9-12-27-50(46)63-51/h1-35H. The molecule has 0 fully saturated rings. The van der Waals surface area contributed by atoms with Crippen molar-refractivity contribution in [3.63, 3.8) is 0 Å². The van der Waals surface area contributed by atoms with Crippen LogP contribution in [0, 0.1) is 0 Å². The lowest BCUT2D eigenvalue weighted by Gasteiger charge is -2.14. The van der Waals surface area contributed by atoms with Crippen molar-refractivity contribution in [3.8, 4) is 56.7 Å². The molecular weight excluding hydrogens is 787 g/mol. The van der Waals surface area contributed by atoms with E-state index in [1.165, 1.54) is 31.3 Å². The monoisotopic (exact) mass is 821 g/mol. The Morgan fingerprint density at radius 2 is 0.857 bits per heavy atom. The Balaban J connectivity index is 1.10. The maximum Gasteiger partial charge on any atom is 0.238 e. The summed E-state index contributed by atoms with van der Waals surface area (Å²) >= 11 is 1.80. The Kier molecular flexibility index (Phi) is 8.01. The molecule has 0 spiro atoms. The van der Waals surface area contributed by atoms with Gasteiger partial charge in [-0.15, -0.1) is 11.3 Å². The van der Waals surface area contributed by atoms with Gasteiger partial charge in [-0.05, 0) is 58.7 Å². The average Bonchev–Trinajstić information content (AvgIpc) is 4.03. The van der Waals surface area contributed by atoms with Crippen molar-refractivity contribution in [1.29, 1.82) is 0 Å². The van der Waals surface area contributed by atoms with E-state index < -0.39 is 0 Å². The summed E-state index contributed by atoms with van der Waals surface area (Å²) in [6, 6.07) is 75.6. The molecule has 0 N–H and O–H groups in total. The van der Waals surface area contributed by atoms with E-state index in [9.17, 15) is 0 Å². The smallest absolute Gasteiger partial charge is 0.238 e. The fourth-order valence-corrected chi connectivity index (χ4v) is 10.7. The molecule has 4 aromatic heterocycles. The lowest BCUT2D eigenvalue weighted by Crippen LogP contribution is -2.07. The summed E-state index contributed by atoms with van der Waals surface area (Å²) in [5, 5.41) is 6.96. The molecule has 0 bridgehead atoms. The number of aromatic nitrogens is 5. The molecule has 0 aliphatic heterocycles. The molecule has 0 saturated carbocycles. The predicted octanol–water partition coefficient (Wildman–Crippen LogP) is 15.1. The number of fused-ring (bicyclic) bond motifs is 10. The second kappa shape index (κ2) is 14.2. The maximum absolute atomic E-state index is 5.49. The van der Waals surface area contributed by atoms with Crippen molar-refractivity contribution in [3.05, 3.63) is 212 Å². The summed E-state index contributed by atoms with van der Waals surface area (Å²) in [5.41, 5.74) is 12.0. The van der Waals surface area contributed by atoms with E-state index in [0.717, 1.165) is 71.6 Å². The Labute approximate surface area is 366 Å². The molecule has 0 amide bonds. The minimum Gasteiger partial charge on any atom is -0.307 e. The molecule has 6 heteroatoms. The van der Waals surface area contributed by atoms with Crippen molar-refractivity contribution in [2.75, 3.05) is 0 Å². The number of benzene rings is 9. The molecule has 0 radical (unpaired) electrons. The van der Waals surface area contributed by atoms with Gasteiger partial charge in [0.25, 0.3) is 0 Å². The number of rotatable bonds is 6. The third-order valence-electron chi connectivity index (χ3n) is 12.4. The minimum atomic E-state index is 0.568. The van der Waals surface area contributed by atoms with Gasteiger partial charge in [0.2, 0.25) is 5.95 Å². The van der Waals surface area contributed by atoms with E-state index in [4.69, 9.17) is 15.0 Å². The first-order valence-electron chi connectivity index (χ1n) is 21.2. The van der Waals surface area contributed by atoms with Crippen molar-refractivity contribution >= 4 is 75.1 Å². The molecule has 0 unspecified atom stereocenters. The number of thiophene rings is 1. The van der Waals surface area contributed by atoms with Gasteiger partial charge in [-0.25, -0.2) is 4.98 Å². The van der Waals surface area contributed by atoms with Gasteiger partial charge < -0.3 is 4.57 Å². The molecule has 5 nitrogen and oxygen atoms in total. The molecule has 4 heterocycles. The maximum atomic E-state index is 5.49. The van der Waals surface area contributed by atoms with Crippen LogP contribution in [0.5, 0.6) is 0 Å². The van der Waals surface area contributed by atoms with Crippen LogP contribution in [0.25, 0.3) is 120 Å². The largest absolute Gasteiger partial charge is 0.307 e. The SMILES string of the molecule is c1ccc(-c2ccc(-c3cccc(-n4c5ccccc5c5ccc6c7ccccc7n(-c7nc(-c8ccccc8)nc(-c8cccc9sc%10ccccc%10c89)n7)c6c54)c3)cc2)cc1. The molecule has 0 saturated heterocycles. The van der Waals surface area contributed by atoms with Gasteiger partial charge in [-0.3, -0.25) is 4.57 Å². The van der Waals surface area contributed by atoms with E-state index in [1.807, 2.05) is 18.2 Å². The normalized spacial score (nSPS) is 11.8. The summed E-state index contributed by atoms with van der Waals surface area (Å²) in [6.07, 6.45) is 0. The third-order valence-corrected chi connectivity index (χ3v) is 13.5.